The summed E-state index contributed by atoms with van der Waals surface area (Å²) in [6.45, 7) is 1.84. The van der Waals surface area contributed by atoms with Gasteiger partial charge >= 0.3 is 0 Å². The van der Waals surface area contributed by atoms with Crippen molar-refractivity contribution < 1.29 is 9.59 Å². The number of nitrogens with zero attached hydrogens (tertiary/aromatic N) is 1. The summed E-state index contributed by atoms with van der Waals surface area (Å²) in [4.78, 5) is 24.8. The predicted molar refractivity (Wildman–Crippen MR) is 110 cm³/mol. The molecule has 3 rings (SSSR count). The minimum absolute atomic E-state index is 0.158. The summed E-state index contributed by atoms with van der Waals surface area (Å²) in [7, 11) is 0. The second-order valence-electron chi connectivity index (χ2n) is 6.36. The number of hydrogen-bond donors (Lipinski definition) is 3. The van der Waals surface area contributed by atoms with E-state index in [9.17, 15) is 9.59 Å². The molecule has 2 amide bonds. The fourth-order valence-electron chi connectivity index (χ4n) is 2.80. The Bertz CT molecular complexity index is 956. The summed E-state index contributed by atoms with van der Waals surface area (Å²) in [5, 5.41) is 13.1. The summed E-state index contributed by atoms with van der Waals surface area (Å²) >= 11 is 5.94. The van der Waals surface area contributed by atoms with Crippen LogP contribution in [0.1, 0.15) is 18.9 Å². The first-order valence-electron chi connectivity index (χ1n) is 9.00. The highest BCUT2D eigenvalue weighted by molar-refractivity contribution is 6.30. The molecule has 6 nitrogen and oxygen atoms in total. The van der Waals surface area contributed by atoms with Gasteiger partial charge in [-0.05, 0) is 29.7 Å². The quantitative estimate of drug-likeness (QED) is 0.567. The van der Waals surface area contributed by atoms with E-state index >= 15 is 0 Å². The standard InChI is InChI=1S/C21H21ClN4O2/c1-2-17(23-20(27)12-14-7-6-10-16(22)11-14)21(28)24-19-13-18(25-26-19)15-8-4-3-5-9-15/h3-11,13,17H,2,12H2,1H3,(H,23,27)(H2,24,25,26,28). The van der Waals surface area contributed by atoms with E-state index in [0.717, 1.165) is 16.8 Å². The molecule has 0 aliphatic heterocycles. The van der Waals surface area contributed by atoms with Crippen LogP contribution in [0.25, 0.3) is 11.3 Å². The maximum atomic E-state index is 12.5. The van der Waals surface area contributed by atoms with E-state index in [1.54, 1.807) is 24.3 Å². The monoisotopic (exact) mass is 396 g/mol. The van der Waals surface area contributed by atoms with Crippen LogP contribution in [-0.2, 0) is 16.0 Å². The third-order valence-electron chi connectivity index (χ3n) is 4.23. The Kier molecular flexibility index (Phi) is 6.45. The predicted octanol–water partition coefficient (Wildman–Crippen LogP) is 3.81. The lowest BCUT2D eigenvalue weighted by Gasteiger charge is -2.16. The van der Waals surface area contributed by atoms with Crippen molar-refractivity contribution >= 4 is 29.2 Å². The van der Waals surface area contributed by atoms with Crippen molar-refractivity contribution in [3.05, 3.63) is 71.2 Å². The van der Waals surface area contributed by atoms with Crippen molar-refractivity contribution in [1.29, 1.82) is 0 Å². The number of carbonyl (C=O) groups excluding carboxylic acids is 2. The summed E-state index contributed by atoms with van der Waals surface area (Å²) < 4.78 is 0. The summed E-state index contributed by atoms with van der Waals surface area (Å²) in [5.41, 5.74) is 2.56. The van der Waals surface area contributed by atoms with Crippen molar-refractivity contribution in [3.8, 4) is 11.3 Å². The Morgan fingerprint density at radius 1 is 1.11 bits per heavy atom. The first-order valence-corrected chi connectivity index (χ1v) is 9.38. The van der Waals surface area contributed by atoms with E-state index in [2.05, 4.69) is 20.8 Å². The number of H-pyrrole nitrogens is 1. The molecule has 1 heterocycles. The van der Waals surface area contributed by atoms with Gasteiger partial charge in [0.15, 0.2) is 5.82 Å². The molecule has 3 aromatic rings. The normalized spacial score (nSPS) is 11.6. The highest BCUT2D eigenvalue weighted by atomic mass is 35.5. The fraction of sp³-hybridized carbons (Fsp3) is 0.190. The van der Waals surface area contributed by atoms with Gasteiger partial charge in [0.05, 0.1) is 12.1 Å². The number of nitrogens with one attached hydrogen (secondary N) is 3. The number of carbonyl (C=O) groups is 2. The summed E-state index contributed by atoms with van der Waals surface area (Å²) in [6, 6.07) is 17.9. The number of halogens is 1. The molecule has 0 spiro atoms. The zero-order valence-corrected chi connectivity index (χ0v) is 16.2. The molecule has 0 aliphatic rings. The number of anilines is 1. The van der Waals surface area contributed by atoms with Crippen molar-refractivity contribution in [2.75, 3.05) is 5.32 Å². The van der Waals surface area contributed by atoms with Crippen LogP contribution in [0.5, 0.6) is 0 Å². The van der Waals surface area contributed by atoms with Gasteiger partial charge in [0.1, 0.15) is 6.04 Å². The van der Waals surface area contributed by atoms with Crippen molar-refractivity contribution in [1.82, 2.24) is 15.5 Å². The Morgan fingerprint density at radius 2 is 1.89 bits per heavy atom. The van der Waals surface area contributed by atoms with Crippen LogP contribution in [0.15, 0.2) is 60.7 Å². The third-order valence-corrected chi connectivity index (χ3v) is 4.46. The van der Waals surface area contributed by atoms with E-state index in [0.29, 0.717) is 17.3 Å². The van der Waals surface area contributed by atoms with E-state index in [4.69, 9.17) is 11.6 Å². The minimum atomic E-state index is -0.649. The molecule has 7 heteroatoms. The number of aromatic nitrogens is 2. The zero-order valence-electron chi connectivity index (χ0n) is 15.4. The van der Waals surface area contributed by atoms with E-state index in [-0.39, 0.29) is 18.2 Å². The largest absolute Gasteiger partial charge is 0.344 e. The zero-order chi connectivity index (χ0) is 19.9. The van der Waals surface area contributed by atoms with E-state index in [1.165, 1.54) is 0 Å². The Balaban J connectivity index is 1.59. The fourth-order valence-corrected chi connectivity index (χ4v) is 3.01. The van der Waals surface area contributed by atoms with Gasteiger partial charge in [-0.25, -0.2) is 0 Å². The lowest BCUT2D eigenvalue weighted by molar-refractivity contribution is -0.126. The topological polar surface area (TPSA) is 86.9 Å². The molecule has 1 atom stereocenters. The molecule has 0 saturated carbocycles. The van der Waals surface area contributed by atoms with Crippen LogP contribution >= 0.6 is 11.6 Å². The number of benzene rings is 2. The maximum Gasteiger partial charge on any atom is 0.248 e. The molecule has 1 unspecified atom stereocenters. The second-order valence-corrected chi connectivity index (χ2v) is 6.79. The number of aromatic amines is 1. The molecule has 0 bridgehead atoms. The number of hydrogen-bond acceptors (Lipinski definition) is 3. The average Bonchev–Trinajstić information content (AvgIpc) is 3.15. The van der Waals surface area contributed by atoms with Gasteiger partial charge < -0.3 is 10.6 Å². The van der Waals surface area contributed by atoms with Gasteiger partial charge in [-0.1, -0.05) is 61.0 Å². The van der Waals surface area contributed by atoms with Crippen molar-refractivity contribution in [2.45, 2.75) is 25.8 Å². The smallest absolute Gasteiger partial charge is 0.248 e. The van der Waals surface area contributed by atoms with Crippen LogP contribution in [0, 0.1) is 0 Å². The molecule has 0 radical (unpaired) electrons. The Labute approximate surface area is 168 Å². The first kappa shape index (κ1) is 19.6. The Hall–Kier alpha value is -3.12. The highest BCUT2D eigenvalue weighted by Gasteiger charge is 2.20. The lowest BCUT2D eigenvalue weighted by atomic mass is 10.1. The number of rotatable bonds is 7. The highest BCUT2D eigenvalue weighted by Crippen LogP contribution is 2.19. The van der Waals surface area contributed by atoms with Gasteiger partial charge in [0.25, 0.3) is 0 Å². The first-order chi connectivity index (χ1) is 13.5. The van der Waals surface area contributed by atoms with Crippen molar-refractivity contribution in [3.63, 3.8) is 0 Å². The maximum absolute atomic E-state index is 12.5. The van der Waals surface area contributed by atoms with Crippen LogP contribution in [0.3, 0.4) is 0 Å². The Morgan fingerprint density at radius 3 is 2.61 bits per heavy atom. The molecular formula is C21H21ClN4O2. The van der Waals surface area contributed by atoms with Crippen LogP contribution in [0.2, 0.25) is 5.02 Å². The molecule has 144 valence electrons. The molecule has 0 aliphatic carbocycles. The molecule has 0 saturated heterocycles. The van der Waals surface area contributed by atoms with E-state index in [1.807, 2.05) is 43.3 Å². The second kappa shape index (κ2) is 9.19. The molecule has 1 aromatic heterocycles. The van der Waals surface area contributed by atoms with Crippen LogP contribution in [-0.4, -0.2) is 28.1 Å². The van der Waals surface area contributed by atoms with Crippen molar-refractivity contribution in [2.24, 2.45) is 0 Å². The third kappa shape index (κ3) is 5.20. The molecule has 0 fully saturated rings. The lowest BCUT2D eigenvalue weighted by Crippen LogP contribution is -2.44. The summed E-state index contributed by atoms with van der Waals surface area (Å²) in [6.07, 6.45) is 0.619. The van der Waals surface area contributed by atoms with Crippen LogP contribution < -0.4 is 10.6 Å². The molecular weight excluding hydrogens is 376 g/mol. The van der Waals surface area contributed by atoms with Gasteiger partial charge in [0, 0.05) is 11.1 Å². The molecule has 28 heavy (non-hydrogen) atoms. The molecule has 2 aromatic carbocycles. The van der Waals surface area contributed by atoms with Gasteiger partial charge in [-0.3, -0.25) is 14.7 Å². The summed E-state index contributed by atoms with van der Waals surface area (Å²) in [5.74, 6) is -0.143. The van der Waals surface area contributed by atoms with Gasteiger partial charge in [0.2, 0.25) is 11.8 Å². The number of amides is 2. The average molecular weight is 397 g/mol. The van der Waals surface area contributed by atoms with Gasteiger partial charge in [-0.15, -0.1) is 0 Å². The van der Waals surface area contributed by atoms with E-state index < -0.39 is 6.04 Å². The molecule has 3 N–H and O–H groups in total. The minimum Gasteiger partial charge on any atom is -0.344 e. The SMILES string of the molecule is CCC(NC(=O)Cc1cccc(Cl)c1)C(=O)Nc1cc(-c2ccccc2)[nH]n1. The van der Waals surface area contributed by atoms with Gasteiger partial charge in [-0.2, -0.15) is 5.10 Å². The van der Waals surface area contributed by atoms with Crippen LogP contribution in [0.4, 0.5) is 5.82 Å².